The van der Waals surface area contributed by atoms with Crippen molar-refractivity contribution in [1.29, 1.82) is 0 Å². The number of carbonyl (C=O) groups is 1. The molecule has 0 bridgehead atoms. The van der Waals surface area contributed by atoms with E-state index in [1.165, 1.54) is 0 Å². The third-order valence-electron chi connectivity index (χ3n) is 4.04. The van der Waals surface area contributed by atoms with E-state index in [0.29, 0.717) is 5.92 Å². The van der Waals surface area contributed by atoms with Crippen LogP contribution in [0.4, 0.5) is 5.69 Å². The lowest BCUT2D eigenvalue weighted by atomic mass is 9.88. The molecule has 1 fully saturated rings. The Morgan fingerprint density at radius 1 is 1.41 bits per heavy atom. The van der Waals surface area contributed by atoms with Crippen molar-refractivity contribution in [3.8, 4) is 0 Å². The van der Waals surface area contributed by atoms with Gasteiger partial charge in [0.25, 0.3) is 0 Å². The van der Waals surface area contributed by atoms with Crippen molar-refractivity contribution in [2.45, 2.75) is 17.0 Å². The number of hydrogen-bond donors (Lipinski definition) is 2. The lowest BCUT2D eigenvalue weighted by molar-refractivity contribution is -0.121. The van der Waals surface area contributed by atoms with Crippen LogP contribution in [0.2, 0.25) is 0 Å². The van der Waals surface area contributed by atoms with Crippen molar-refractivity contribution in [3.63, 3.8) is 0 Å². The zero-order valence-corrected chi connectivity index (χ0v) is 13.6. The summed E-state index contributed by atoms with van der Waals surface area (Å²) in [5.41, 5.74) is 0.841. The molecule has 1 amide bonds. The van der Waals surface area contributed by atoms with E-state index in [4.69, 9.17) is 0 Å². The second-order valence-corrected chi connectivity index (χ2v) is 6.68. The number of amides is 1. The van der Waals surface area contributed by atoms with Gasteiger partial charge in [0.1, 0.15) is 0 Å². The average molecular weight is 316 g/mol. The molecule has 1 aliphatic heterocycles. The molecule has 0 radical (unpaired) electrons. The number of carbonyl (C=O) groups excluding carboxylic acids is 1. The van der Waals surface area contributed by atoms with Crippen molar-refractivity contribution in [3.05, 3.63) is 36.7 Å². The maximum Gasteiger partial charge on any atom is 0.227 e. The first-order chi connectivity index (χ1) is 10.6. The van der Waals surface area contributed by atoms with Gasteiger partial charge in [-0.15, -0.1) is 0 Å². The SMILES string of the molecule is CC(C(=O)Nc1ccc(Sc2nccn2C)cc1)C1CNC1. The fraction of sp³-hybridized carbons (Fsp3) is 0.375. The van der Waals surface area contributed by atoms with Gasteiger partial charge in [0, 0.05) is 35.9 Å². The molecule has 1 aliphatic rings. The topological polar surface area (TPSA) is 59.0 Å². The number of aromatic nitrogens is 2. The molecular formula is C16H20N4OS. The first-order valence-electron chi connectivity index (χ1n) is 7.40. The summed E-state index contributed by atoms with van der Waals surface area (Å²) in [6.45, 7) is 3.87. The van der Waals surface area contributed by atoms with Crippen molar-refractivity contribution in [1.82, 2.24) is 14.9 Å². The van der Waals surface area contributed by atoms with E-state index >= 15 is 0 Å². The van der Waals surface area contributed by atoms with Crippen molar-refractivity contribution >= 4 is 23.4 Å². The summed E-state index contributed by atoms with van der Waals surface area (Å²) in [7, 11) is 1.97. The van der Waals surface area contributed by atoms with E-state index in [1.807, 2.05) is 49.0 Å². The van der Waals surface area contributed by atoms with E-state index < -0.39 is 0 Å². The summed E-state index contributed by atoms with van der Waals surface area (Å²) in [6, 6.07) is 7.89. The van der Waals surface area contributed by atoms with Gasteiger partial charge < -0.3 is 15.2 Å². The third-order valence-corrected chi connectivity index (χ3v) is 5.13. The highest BCUT2D eigenvalue weighted by Gasteiger charge is 2.28. The van der Waals surface area contributed by atoms with Crippen LogP contribution in [0, 0.1) is 11.8 Å². The van der Waals surface area contributed by atoms with Gasteiger partial charge in [-0.1, -0.05) is 18.7 Å². The number of rotatable bonds is 5. The molecule has 1 aromatic heterocycles. The average Bonchev–Trinajstić information content (AvgIpc) is 2.84. The summed E-state index contributed by atoms with van der Waals surface area (Å²) in [4.78, 5) is 17.6. The minimum atomic E-state index is 0.0443. The van der Waals surface area contributed by atoms with Crippen LogP contribution in [-0.4, -0.2) is 28.5 Å². The Bertz CT molecular complexity index is 648. The molecule has 2 heterocycles. The third kappa shape index (κ3) is 3.34. The van der Waals surface area contributed by atoms with Crippen molar-refractivity contribution in [2.75, 3.05) is 18.4 Å². The summed E-state index contributed by atoms with van der Waals surface area (Å²) >= 11 is 1.60. The second-order valence-electron chi connectivity index (χ2n) is 5.64. The molecule has 1 unspecified atom stereocenters. The molecular weight excluding hydrogens is 296 g/mol. The number of benzene rings is 1. The second kappa shape index (κ2) is 6.54. The lowest BCUT2D eigenvalue weighted by Gasteiger charge is -2.31. The van der Waals surface area contributed by atoms with Gasteiger partial charge in [-0.3, -0.25) is 4.79 Å². The highest BCUT2D eigenvalue weighted by Crippen LogP contribution is 2.27. The Kier molecular flexibility index (Phi) is 4.49. The van der Waals surface area contributed by atoms with Gasteiger partial charge in [-0.2, -0.15) is 0 Å². The quantitative estimate of drug-likeness (QED) is 0.889. The Morgan fingerprint density at radius 3 is 2.68 bits per heavy atom. The van der Waals surface area contributed by atoms with Crippen LogP contribution < -0.4 is 10.6 Å². The van der Waals surface area contributed by atoms with E-state index in [2.05, 4.69) is 15.6 Å². The van der Waals surface area contributed by atoms with E-state index in [0.717, 1.165) is 28.8 Å². The Morgan fingerprint density at radius 2 is 2.14 bits per heavy atom. The number of nitrogens with zero attached hydrogens (tertiary/aromatic N) is 2. The molecule has 22 heavy (non-hydrogen) atoms. The molecule has 5 nitrogen and oxygen atoms in total. The van der Waals surface area contributed by atoms with Gasteiger partial charge in [-0.25, -0.2) is 4.98 Å². The Hall–Kier alpha value is -1.79. The molecule has 1 aromatic carbocycles. The zero-order valence-electron chi connectivity index (χ0n) is 12.7. The number of nitrogens with one attached hydrogen (secondary N) is 2. The fourth-order valence-corrected chi connectivity index (χ4v) is 3.10. The minimum Gasteiger partial charge on any atom is -0.329 e. The molecule has 3 rings (SSSR count). The van der Waals surface area contributed by atoms with E-state index in [-0.39, 0.29) is 11.8 Å². The molecule has 0 aliphatic carbocycles. The first-order valence-corrected chi connectivity index (χ1v) is 8.22. The largest absolute Gasteiger partial charge is 0.329 e. The smallest absolute Gasteiger partial charge is 0.227 e. The zero-order chi connectivity index (χ0) is 15.5. The van der Waals surface area contributed by atoms with Crippen LogP contribution >= 0.6 is 11.8 Å². The van der Waals surface area contributed by atoms with Gasteiger partial charge in [0.05, 0.1) is 0 Å². The summed E-state index contributed by atoms with van der Waals surface area (Å²) in [5, 5.41) is 7.14. The summed E-state index contributed by atoms with van der Waals surface area (Å²) in [5.74, 6) is 0.595. The fourth-order valence-electron chi connectivity index (χ4n) is 2.30. The molecule has 6 heteroatoms. The standard InChI is InChI=1S/C16H20N4OS/c1-11(12-9-17-10-12)15(21)19-13-3-5-14(6-4-13)22-16-18-7-8-20(16)2/h3-8,11-12,17H,9-10H2,1-2H3,(H,19,21). The highest BCUT2D eigenvalue weighted by molar-refractivity contribution is 7.99. The van der Waals surface area contributed by atoms with Gasteiger partial charge in [0.2, 0.25) is 5.91 Å². The number of anilines is 1. The number of imidazole rings is 1. The molecule has 0 spiro atoms. The molecule has 2 N–H and O–H groups in total. The van der Waals surface area contributed by atoms with Gasteiger partial charge in [0.15, 0.2) is 5.16 Å². The van der Waals surface area contributed by atoms with Crippen molar-refractivity contribution < 1.29 is 4.79 Å². The van der Waals surface area contributed by atoms with Gasteiger partial charge in [-0.05, 0) is 43.3 Å². The minimum absolute atomic E-state index is 0.0443. The van der Waals surface area contributed by atoms with Crippen LogP contribution in [0.5, 0.6) is 0 Å². The Labute approximate surface area is 134 Å². The molecule has 0 saturated carbocycles. The molecule has 1 atom stereocenters. The normalized spacial score (nSPS) is 16.1. The monoisotopic (exact) mass is 316 g/mol. The molecule has 1 saturated heterocycles. The molecule has 116 valence electrons. The van der Waals surface area contributed by atoms with Crippen LogP contribution in [0.25, 0.3) is 0 Å². The van der Waals surface area contributed by atoms with Crippen LogP contribution in [0.15, 0.2) is 46.7 Å². The molecule has 2 aromatic rings. The van der Waals surface area contributed by atoms with E-state index in [1.54, 1.807) is 18.0 Å². The predicted octanol–water partition coefficient (Wildman–Crippen LogP) is 2.37. The van der Waals surface area contributed by atoms with Crippen molar-refractivity contribution in [2.24, 2.45) is 18.9 Å². The van der Waals surface area contributed by atoms with E-state index in [9.17, 15) is 4.79 Å². The van der Waals surface area contributed by atoms with Gasteiger partial charge >= 0.3 is 0 Å². The lowest BCUT2D eigenvalue weighted by Crippen LogP contribution is -2.48. The first kappa shape index (κ1) is 15.1. The Balaban J connectivity index is 1.59. The van der Waals surface area contributed by atoms with Crippen LogP contribution in [0.1, 0.15) is 6.92 Å². The maximum absolute atomic E-state index is 12.2. The highest BCUT2D eigenvalue weighted by atomic mass is 32.2. The maximum atomic E-state index is 12.2. The van der Waals surface area contributed by atoms with Crippen LogP contribution in [0.3, 0.4) is 0 Å². The number of aryl methyl sites for hydroxylation is 1. The number of hydrogen-bond acceptors (Lipinski definition) is 4. The summed E-state index contributed by atoms with van der Waals surface area (Å²) < 4.78 is 1.98. The van der Waals surface area contributed by atoms with Crippen LogP contribution in [-0.2, 0) is 11.8 Å². The summed E-state index contributed by atoms with van der Waals surface area (Å²) in [6.07, 6.45) is 3.71. The predicted molar refractivity (Wildman–Crippen MR) is 87.9 cm³/mol.